The molecule has 0 radical (unpaired) electrons. The van der Waals surface area contributed by atoms with Crippen molar-refractivity contribution in [3.8, 4) is 6.07 Å². The molecule has 2 aromatic rings. The molecule has 0 saturated carbocycles. The largest absolute Gasteiger partial charge is 0.455 e. The van der Waals surface area contributed by atoms with Gasteiger partial charge in [-0.25, -0.2) is 25.9 Å². The van der Waals surface area contributed by atoms with E-state index in [1.165, 1.54) is 6.07 Å². The normalized spacial score (nSPS) is 11.7. The Balaban J connectivity index is 2.25. The van der Waals surface area contributed by atoms with Gasteiger partial charge >= 0.3 is 5.91 Å². The molecule has 0 unspecified atom stereocenters. The van der Waals surface area contributed by atoms with Crippen molar-refractivity contribution in [1.29, 1.82) is 5.26 Å². The second kappa shape index (κ2) is 6.66. The first-order chi connectivity index (χ1) is 11.5. The van der Waals surface area contributed by atoms with Crippen molar-refractivity contribution >= 4 is 25.8 Å². The van der Waals surface area contributed by atoms with Crippen LogP contribution in [0.15, 0.2) is 39.6 Å². The molecule has 8 nitrogen and oxygen atoms in total. The van der Waals surface area contributed by atoms with Crippen molar-refractivity contribution in [3.63, 3.8) is 0 Å². The molecule has 25 heavy (non-hydrogen) atoms. The van der Waals surface area contributed by atoms with E-state index in [-0.39, 0.29) is 11.3 Å². The summed E-state index contributed by atoms with van der Waals surface area (Å²) < 4.78 is 66.6. The Morgan fingerprint density at radius 1 is 1.24 bits per heavy atom. The summed E-state index contributed by atoms with van der Waals surface area (Å²) in [5, 5.41) is 8.74. The number of furan rings is 1. The van der Waals surface area contributed by atoms with Crippen LogP contribution >= 0.6 is 0 Å². The number of nitrogens with one attached hydrogen (secondary N) is 1. The zero-order valence-electron chi connectivity index (χ0n) is 12.7. The van der Waals surface area contributed by atoms with Crippen LogP contribution in [0.4, 0.5) is 4.39 Å². The minimum atomic E-state index is -4.46. The van der Waals surface area contributed by atoms with Gasteiger partial charge < -0.3 is 4.42 Å². The smallest absolute Gasteiger partial charge is 0.300 e. The summed E-state index contributed by atoms with van der Waals surface area (Å²) >= 11 is 0. The van der Waals surface area contributed by atoms with Crippen molar-refractivity contribution in [1.82, 2.24) is 4.72 Å². The van der Waals surface area contributed by atoms with Gasteiger partial charge in [-0.1, -0.05) is 0 Å². The van der Waals surface area contributed by atoms with Gasteiger partial charge in [-0.2, -0.15) is 5.26 Å². The average Bonchev–Trinajstić information content (AvgIpc) is 2.92. The summed E-state index contributed by atoms with van der Waals surface area (Å²) in [6.07, 6.45) is 0.969. The number of rotatable bonds is 5. The van der Waals surface area contributed by atoms with Gasteiger partial charge in [-0.15, -0.1) is 0 Å². The fourth-order valence-corrected chi connectivity index (χ4v) is 3.53. The summed E-state index contributed by atoms with van der Waals surface area (Å²) in [5.74, 6) is -3.05. The zero-order chi connectivity index (χ0) is 18.8. The Kier molecular flexibility index (Phi) is 4.96. The monoisotopic (exact) mass is 386 g/mol. The van der Waals surface area contributed by atoms with E-state index in [0.29, 0.717) is 6.07 Å². The molecule has 0 atom stereocenters. The number of amides is 1. The Morgan fingerprint density at radius 2 is 1.92 bits per heavy atom. The molecule has 132 valence electrons. The van der Waals surface area contributed by atoms with Crippen LogP contribution in [0, 0.1) is 17.1 Å². The second-order valence-electron chi connectivity index (χ2n) is 5.06. The first kappa shape index (κ1) is 18.6. The maximum absolute atomic E-state index is 13.4. The van der Waals surface area contributed by atoms with E-state index in [1.54, 1.807) is 10.8 Å². The minimum absolute atomic E-state index is 0.0393. The quantitative estimate of drug-likeness (QED) is 0.808. The highest BCUT2D eigenvalue weighted by Gasteiger charge is 2.22. The number of carbonyl (C=O) groups is 1. The minimum Gasteiger partial charge on any atom is -0.455 e. The van der Waals surface area contributed by atoms with E-state index in [1.807, 2.05) is 0 Å². The molecule has 0 bridgehead atoms. The van der Waals surface area contributed by atoms with E-state index >= 15 is 0 Å². The molecule has 1 amide bonds. The van der Waals surface area contributed by atoms with Crippen LogP contribution in [-0.2, 0) is 25.6 Å². The lowest BCUT2D eigenvalue weighted by Crippen LogP contribution is -2.30. The molecule has 0 aliphatic heterocycles. The van der Waals surface area contributed by atoms with Crippen LogP contribution in [0.25, 0.3) is 0 Å². The Morgan fingerprint density at radius 3 is 2.52 bits per heavy atom. The van der Waals surface area contributed by atoms with E-state index < -0.39 is 48.0 Å². The van der Waals surface area contributed by atoms with Crippen LogP contribution < -0.4 is 4.72 Å². The van der Waals surface area contributed by atoms with Crippen LogP contribution in [0.1, 0.15) is 21.9 Å². The predicted octanol–water partition coefficient (Wildman–Crippen LogP) is 0.954. The molecule has 11 heteroatoms. The highest BCUT2D eigenvalue weighted by molar-refractivity contribution is 7.90. The van der Waals surface area contributed by atoms with Gasteiger partial charge in [0.25, 0.3) is 10.0 Å². The summed E-state index contributed by atoms with van der Waals surface area (Å²) in [5.41, 5.74) is -0.235. The number of sulfonamides is 1. The molecular weight excluding hydrogens is 375 g/mol. The van der Waals surface area contributed by atoms with E-state index in [2.05, 4.69) is 0 Å². The SMILES string of the molecule is CS(=O)(=O)Cc1ccc(C(=O)NS(=O)(=O)c2cc(F)cc(C#N)c2)o1. The van der Waals surface area contributed by atoms with Gasteiger partial charge in [0.1, 0.15) is 17.3 Å². The van der Waals surface area contributed by atoms with Gasteiger partial charge in [-0.3, -0.25) is 4.79 Å². The Bertz CT molecular complexity index is 1080. The molecule has 0 fully saturated rings. The number of halogens is 1. The molecule has 1 heterocycles. The lowest BCUT2D eigenvalue weighted by molar-refractivity contribution is 0.0953. The highest BCUT2D eigenvalue weighted by Crippen LogP contribution is 2.16. The third kappa shape index (κ3) is 4.88. The first-order valence-corrected chi connectivity index (χ1v) is 10.1. The Labute approximate surface area is 142 Å². The Hall–Kier alpha value is -2.71. The van der Waals surface area contributed by atoms with Gasteiger partial charge in [0.2, 0.25) is 0 Å². The zero-order valence-corrected chi connectivity index (χ0v) is 14.3. The third-order valence-corrected chi connectivity index (χ3v) is 4.95. The first-order valence-electron chi connectivity index (χ1n) is 6.54. The summed E-state index contributed by atoms with van der Waals surface area (Å²) in [4.78, 5) is 11.3. The van der Waals surface area contributed by atoms with E-state index in [9.17, 15) is 26.0 Å². The molecule has 0 spiro atoms. The van der Waals surface area contributed by atoms with E-state index in [4.69, 9.17) is 9.68 Å². The van der Waals surface area contributed by atoms with Gasteiger partial charge in [0, 0.05) is 6.26 Å². The number of nitriles is 1. The standard InChI is InChI=1S/C14H11FN2O6S2/c1-24(19,20)8-11-2-3-13(23-11)14(18)17-25(21,22)12-5-9(7-16)4-10(15)6-12/h2-6H,8H2,1H3,(H,17,18). The summed E-state index contributed by atoms with van der Waals surface area (Å²) in [6, 6.07) is 6.31. The molecule has 1 aromatic heterocycles. The van der Waals surface area contributed by atoms with Crippen molar-refractivity contribution in [2.45, 2.75) is 10.6 Å². The fourth-order valence-electron chi connectivity index (χ4n) is 1.85. The maximum Gasteiger partial charge on any atom is 0.300 e. The number of hydrogen-bond acceptors (Lipinski definition) is 7. The number of carbonyl (C=O) groups excluding carboxylic acids is 1. The number of hydrogen-bond donors (Lipinski definition) is 1. The predicted molar refractivity (Wildman–Crippen MR) is 83.0 cm³/mol. The summed E-state index contributed by atoms with van der Waals surface area (Å²) in [7, 11) is -7.85. The molecule has 0 saturated heterocycles. The molecule has 2 rings (SSSR count). The number of benzene rings is 1. The number of sulfone groups is 1. The van der Waals surface area contributed by atoms with Crippen molar-refractivity contribution < 1.29 is 30.4 Å². The number of nitrogens with zero attached hydrogens (tertiary/aromatic N) is 1. The van der Waals surface area contributed by atoms with Crippen LogP contribution in [-0.4, -0.2) is 29.0 Å². The van der Waals surface area contributed by atoms with Crippen molar-refractivity contribution in [2.75, 3.05) is 6.26 Å². The molecule has 0 aliphatic rings. The summed E-state index contributed by atoms with van der Waals surface area (Å²) in [6.45, 7) is 0. The van der Waals surface area contributed by atoms with Crippen LogP contribution in [0.2, 0.25) is 0 Å². The molecule has 0 aliphatic carbocycles. The van der Waals surface area contributed by atoms with Gasteiger partial charge in [0.05, 0.1) is 16.5 Å². The highest BCUT2D eigenvalue weighted by atomic mass is 32.2. The van der Waals surface area contributed by atoms with Gasteiger partial charge in [0.15, 0.2) is 15.6 Å². The molecule has 1 N–H and O–H groups in total. The lowest BCUT2D eigenvalue weighted by atomic mass is 10.2. The fraction of sp³-hybridized carbons (Fsp3) is 0.143. The molecule has 1 aromatic carbocycles. The lowest BCUT2D eigenvalue weighted by Gasteiger charge is -2.06. The topological polar surface area (TPSA) is 134 Å². The van der Waals surface area contributed by atoms with E-state index in [0.717, 1.165) is 24.5 Å². The van der Waals surface area contributed by atoms with Crippen LogP contribution in [0.3, 0.4) is 0 Å². The average molecular weight is 386 g/mol. The van der Waals surface area contributed by atoms with Gasteiger partial charge in [-0.05, 0) is 30.3 Å². The maximum atomic E-state index is 13.4. The van der Waals surface area contributed by atoms with Crippen LogP contribution in [0.5, 0.6) is 0 Å². The third-order valence-electron chi connectivity index (χ3n) is 2.83. The second-order valence-corrected chi connectivity index (χ2v) is 8.88. The van der Waals surface area contributed by atoms with Crippen molar-refractivity contribution in [3.05, 3.63) is 53.2 Å². The van der Waals surface area contributed by atoms with Crippen molar-refractivity contribution in [2.24, 2.45) is 0 Å². The molecular formula is C14H11FN2O6S2.